The van der Waals surface area contributed by atoms with Gasteiger partial charge in [-0.05, 0) is 100 Å². The summed E-state index contributed by atoms with van der Waals surface area (Å²) in [5, 5.41) is 63.6. The van der Waals surface area contributed by atoms with Gasteiger partial charge in [0.15, 0.2) is 11.4 Å². The molecule has 1 unspecified atom stereocenters. The average molecular weight is 1530 g/mol. The third kappa shape index (κ3) is 29.3. The monoisotopic (exact) mass is 1530 g/mol. The number of aliphatic carboxylic acids is 1. The van der Waals surface area contributed by atoms with Crippen molar-refractivity contribution in [1.29, 1.82) is 0 Å². The quantitative estimate of drug-likeness (QED) is 0.0156. The number of fused-ring (bicyclic) bond motifs is 2. The number of aliphatic hydroxyl groups excluding tert-OH is 3. The third-order valence-corrected chi connectivity index (χ3v) is 16.4. The number of Topliss-reactive ketones (excluding diaryl/α,β-unsaturated/α-hetero) is 1. The molecule has 3 aliphatic rings. The second kappa shape index (κ2) is 48.1. The minimum atomic E-state index is -1.02. The molecule has 6 atom stereocenters. The van der Waals surface area contributed by atoms with E-state index in [2.05, 4.69) is 31.0 Å². The number of primary amides is 2. The second-order valence-electron chi connectivity index (χ2n) is 22.0. The van der Waals surface area contributed by atoms with Crippen molar-refractivity contribution in [3.05, 3.63) is 164 Å². The zero-order valence-electron chi connectivity index (χ0n) is 54.6. The molecule has 10 rings (SSSR count). The number of hydrogen-bond donors (Lipinski definition) is 10. The van der Waals surface area contributed by atoms with E-state index >= 15 is 0 Å². The van der Waals surface area contributed by atoms with Gasteiger partial charge in [-0.15, -0.1) is 11.6 Å². The number of nitrogens with zero attached hydrogens (tertiary/aromatic N) is 5. The number of aliphatic hydroxyl groups is 3. The number of benzene rings is 5. The molecule has 34 heteroatoms. The van der Waals surface area contributed by atoms with Crippen LogP contribution in [-0.2, 0) is 66.3 Å². The van der Waals surface area contributed by atoms with Crippen LogP contribution in [0.25, 0.3) is 21.8 Å². The van der Waals surface area contributed by atoms with Gasteiger partial charge in [0, 0.05) is 53.5 Å². The van der Waals surface area contributed by atoms with Crippen LogP contribution >= 0.6 is 46.4 Å². The normalized spacial score (nSPS) is 16.8. The number of amides is 5. The topological polar surface area (TPSA) is 403 Å². The van der Waals surface area contributed by atoms with E-state index in [9.17, 15) is 56.9 Å². The Labute approximate surface area is 682 Å². The summed E-state index contributed by atoms with van der Waals surface area (Å²) < 4.78 is 43.6. The van der Waals surface area contributed by atoms with E-state index in [0.29, 0.717) is 58.6 Å². The van der Waals surface area contributed by atoms with Crippen molar-refractivity contribution in [3.63, 3.8) is 0 Å². The number of halogens is 7. The average Bonchev–Trinajstić information content (AvgIpc) is 1.65. The first-order valence-corrected chi connectivity index (χ1v) is 31.6. The number of alkyl halides is 1. The standard InChI is InChI=1S/C24H25ClFN5O4.C14H18ClFN2O2.C10H9Cl2FO.C10H9N3O3.C5H11NO.CH2O3.2CH4.2K.H/c25-16-7-3-5-14(22(16)26)11-28-20(33)12-30(18-9-4-10-19(18)32)21(34)13-31-17-8-2-1-6-15(17)23(29-31)24(27)35;15-10-4-1-3-9(14(10)16)7-18-13(20)8-17-11-5-2-6-12(11)19;11-6-8(14)5-4-7-2-1-3-9(12)10(7)13;11-10(16)9-6-3-1-2-4-7(6)13(12-9)5-8(14)15;6-4-2-1-3-5(4)7;2-1-4-3;;;;;/h1-3,5-8,18-19,32H,4,9-13H2,(H2,27,35)(H,28,33);1,3-4,11-12,17,19H,2,5-8H2,(H,18,20);1-3H,4-6H2;1-4H,5H2,(H2,11,16)(H,14,15);4-5,7H,1-3,6H2;1,3H;2*1H4;;;/q;;;;;;;;2*+1;-1/p-1/t18?,19-;11-,12-;;;4-,5-;;;;;;/m00..0....../s1. The molecule has 5 aromatic carbocycles. The number of hydrogen-bond acceptors (Lipinski definition) is 17. The maximum atomic E-state index is 14.1. The minimum absolute atomic E-state index is 0. The van der Waals surface area contributed by atoms with Gasteiger partial charge in [0.25, 0.3) is 18.3 Å². The zero-order valence-corrected chi connectivity index (χ0v) is 62.8. The number of carbonyl (C=O) groups is 8. The van der Waals surface area contributed by atoms with Gasteiger partial charge in [0.05, 0.1) is 69.4 Å². The second-order valence-corrected chi connectivity index (χ2v) is 23.4. The zero-order chi connectivity index (χ0) is 70.6. The molecule has 0 spiro atoms. The molecule has 0 aliphatic heterocycles. The summed E-state index contributed by atoms with van der Waals surface area (Å²) in [5.74, 6) is -5.30. The SMILES string of the molecule is C.C.NC(=O)c1nn(CC(=O)N(CC(=O)NCc2cccc(Cl)c2F)C2CCC[C@@H]2O)c2ccccc12.NC(=O)c1nn(CC(=O)O)c2ccccc12.N[C@H]1CCC[C@@H]1O.O=C(CCl)CCc1cccc(Cl)c1F.O=C(CN[C@H]1CCC[C@@H]1O)NCc1cccc(Cl)c1F.O=CO[O-].[H-].[K+].[K+]. The van der Waals surface area contributed by atoms with Gasteiger partial charge in [0.2, 0.25) is 17.7 Å². The molecule has 13 N–H and O–H groups in total. The number of aromatic nitrogens is 4. The summed E-state index contributed by atoms with van der Waals surface area (Å²) in [6.45, 7) is -0.956. The van der Waals surface area contributed by atoms with Crippen LogP contribution in [-0.4, -0.2) is 148 Å². The van der Waals surface area contributed by atoms with E-state index in [1.54, 1.807) is 78.9 Å². The Bertz CT molecular complexity index is 3810. The largest absolute Gasteiger partial charge is 1.00 e. The molecule has 3 saturated carbocycles. The smallest absolute Gasteiger partial charge is 1.00 e. The Hall–Kier alpha value is -5.02. The Morgan fingerprint density at radius 3 is 1.49 bits per heavy atom. The first kappa shape index (κ1) is 93.0. The molecule has 0 bridgehead atoms. The van der Waals surface area contributed by atoms with E-state index in [1.807, 2.05) is 0 Å². The van der Waals surface area contributed by atoms with Crippen molar-refractivity contribution in [2.75, 3.05) is 19.0 Å². The van der Waals surface area contributed by atoms with Crippen LogP contribution in [0.1, 0.15) is 118 Å². The van der Waals surface area contributed by atoms with E-state index in [4.69, 9.17) is 83.9 Å². The maximum Gasteiger partial charge on any atom is 1.00 e. The molecule has 2 aromatic heterocycles. The van der Waals surface area contributed by atoms with Crippen molar-refractivity contribution in [2.45, 2.75) is 148 Å². The molecule has 536 valence electrons. The Morgan fingerprint density at radius 2 is 1.08 bits per heavy atom. The van der Waals surface area contributed by atoms with Crippen molar-refractivity contribution in [2.24, 2.45) is 17.2 Å². The van der Waals surface area contributed by atoms with Gasteiger partial charge in [0.1, 0.15) is 36.3 Å². The predicted molar refractivity (Wildman–Crippen MR) is 363 cm³/mol. The summed E-state index contributed by atoms with van der Waals surface area (Å²) in [4.78, 5) is 94.7. The van der Waals surface area contributed by atoms with E-state index < -0.39 is 59.2 Å². The van der Waals surface area contributed by atoms with Gasteiger partial charge >= 0.3 is 109 Å². The summed E-state index contributed by atoms with van der Waals surface area (Å²) in [6, 6.07) is 27.1. The molecular weight excluding hydrogens is 1450 g/mol. The Morgan fingerprint density at radius 1 is 0.640 bits per heavy atom. The van der Waals surface area contributed by atoms with Crippen LogP contribution in [0.2, 0.25) is 15.1 Å². The number of nitrogens with one attached hydrogen (secondary N) is 3. The molecule has 7 aromatic rings. The number of para-hydroxylation sites is 2. The van der Waals surface area contributed by atoms with Gasteiger partial charge in [-0.3, -0.25) is 47.7 Å². The maximum absolute atomic E-state index is 14.1. The summed E-state index contributed by atoms with van der Waals surface area (Å²) in [6.07, 6.45) is 6.61. The first-order chi connectivity index (χ1) is 45.8. The molecule has 3 fully saturated rings. The number of carboxylic acids is 1. The molecule has 0 saturated heterocycles. The number of carbonyl (C=O) groups excluding carboxylic acids is 7. The summed E-state index contributed by atoms with van der Waals surface area (Å²) in [7, 11) is 0. The molecule has 2 heterocycles. The predicted octanol–water partition coefficient (Wildman–Crippen LogP) is 0.710. The number of rotatable bonds is 21. The molecule has 100 heavy (non-hydrogen) atoms. The molecular formula is C66H82Cl4F3K2N11O14. The molecule has 3 aliphatic carbocycles. The Kier molecular flexibility index (Phi) is 44.7. The van der Waals surface area contributed by atoms with Gasteiger partial charge in [-0.1, -0.05) is 122 Å². The summed E-state index contributed by atoms with van der Waals surface area (Å²) in [5.41, 5.74) is 18.3. The van der Waals surface area contributed by atoms with Crippen molar-refractivity contribution < 1.29 is 186 Å². The van der Waals surface area contributed by atoms with Crippen molar-refractivity contribution >= 4 is 116 Å². The van der Waals surface area contributed by atoms with Crippen LogP contribution < -0.4 is 141 Å². The van der Waals surface area contributed by atoms with Crippen LogP contribution in [0, 0.1) is 17.5 Å². The fourth-order valence-corrected chi connectivity index (χ4v) is 11.1. The van der Waals surface area contributed by atoms with Gasteiger partial charge in [-0.2, -0.15) is 10.2 Å². The van der Waals surface area contributed by atoms with Crippen molar-refractivity contribution in [3.8, 4) is 0 Å². The number of nitrogens with two attached hydrogens (primary N) is 3. The van der Waals surface area contributed by atoms with E-state index in [-0.39, 0.29) is 245 Å². The van der Waals surface area contributed by atoms with Crippen LogP contribution in [0.5, 0.6) is 0 Å². The van der Waals surface area contributed by atoms with E-state index in [1.165, 1.54) is 38.5 Å². The van der Waals surface area contributed by atoms with Gasteiger partial charge in [-0.25, -0.2) is 13.2 Å². The number of carboxylic acid groups (broad SMARTS) is 1. The van der Waals surface area contributed by atoms with Crippen LogP contribution in [0.3, 0.4) is 0 Å². The third-order valence-electron chi connectivity index (χ3n) is 15.3. The minimum Gasteiger partial charge on any atom is -1.00 e. The molecule has 5 amide bonds. The van der Waals surface area contributed by atoms with E-state index in [0.717, 1.165) is 38.5 Å². The number of aryl methyl sites for hydroxylation is 1. The van der Waals surface area contributed by atoms with Gasteiger partial charge < -0.3 is 70.0 Å². The Balaban J connectivity index is 0.00000130. The summed E-state index contributed by atoms with van der Waals surface area (Å²) >= 11 is 22.4. The fraction of sp³-hybridized carbons (Fsp3) is 0.394. The number of ketones is 1. The van der Waals surface area contributed by atoms with Crippen LogP contribution in [0.4, 0.5) is 13.2 Å². The fourth-order valence-electron chi connectivity index (χ4n) is 10.4. The van der Waals surface area contributed by atoms with Crippen LogP contribution in [0.15, 0.2) is 103 Å². The first-order valence-electron chi connectivity index (χ1n) is 30.0. The van der Waals surface area contributed by atoms with Crippen molar-refractivity contribution in [1.82, 2.24) is 40.4 Å². The molecule has 0 radical (unpaired) electrons. The molecule has 25 nitrogen and oxygen atoms in total.